The molecule has 0 aromatic carbocycles. The molecule has 15 heavy (non-hydrogen) atoms. The highest BCUT2D eigenvalue weighted by Gasteiger charge is 2.30. The molecule has 88 valence electrons. The van der Waals surface area contributed by atoms with E-state index in [1.54, 1.807) is 0 Å². The number of hydrogen-bond acceptors (Lipinski definition) is 3. The molecular formula is C10H18INO3. The van der Waals surface area contributed by atoms with Gasteiger partial charge in [0.05, 0.1) is 5.71 Å². The minimum atomic E-state index is -1.28. The molecule has 0 fully saturated rings. The molecule has 0 unspecified atom stereocenters. The average Bonchev–Trinajstić information content (AvgIpc) is 2.13. The van der Waals surface area contributed by atoms with Crippen molar-refractivity contribution < 1.29 is 14.7 Å². The summed E-state index contributed by atoms with van der Waals surface area (Å²) in [5.41, 5.74) is -0.552. The Labute approximate surface area is 104 Å². The molecule has 0 rings (SSSR count). The number of nitrogens with zero attached hydrogens (tertiary/aromatic N) is 1. The maximum atomic E-state index is 10.8. The van der Waals surface area contributed by atoms with Crippen LogP contribution in [0.5, 0.6) is 0 Å². The second kappa shape index (κ2) is 5.14. The Morgan fingerprint density at radius 3 is 2.20 bits per heavy atom. The van der Waals surface area contributed by atoms with Crippen molar-refractivity contribution in [2.75, 3.05) is 4.43 Å². The van der Waals surface area contributed by atoms with Crippen LogP contribution in [0.1, 0.15) is 34.6 Å². The molecule has 0 aliphatic carbocycles. The summed E-state index contributed by atoms with van der Waals surface area (Å²) in [6.45, 7) is 8.87. The van der Waals surface area contributed by atoms with Crippen molar-refractivity contribution in [3.05, 3.63) is 0 Å². The number of aliphatic carboxylic acids is 1. The van der Waals surface area contributed by atoms with Crippen LogP contribution in [0, 0.1) is 5.41 Å². The molecule has 0 atom stereocenters. The number of alkyl halides is 1. The molecule has 0 aliphatic rings. The standard InChI is InChI=1S/C10H18INO3/c1-7(9(2,3)6-11)12-15-10(4,5)8(13)14/h6H2,1-5H3,(H,13,14)/b12-7+. The van der Waals surface area contributed by atoms with E-state index >= 15 is 0 Å². The zero-order valence-corrected chi connectivity index (χ0v) is 12.0. The van der Waals surface area contributed by atoms with Crippen LogP contribution >= 0.6 is 22.6 Å². The minimum absolute atomic E-state index is 0.0743. The van der Waals surface area contributed by atoms with Gasteiger partial charge in [0.1, 0.15) is 0 Å². The SMILES string of the molecule is C/C(=N\OC(C)(C)C(=O)O)C(C)(C)CI. The summed E-state index contributed by atoms with van der Waals surface area (Å²) >= 11 is 2.27. The number of carbonyl (C=O) groups is 1. The predicted molar refractivity (Wildman–Crippen MR) is 68.6 cm³/mol. The van der Waals surface area contributed by atoms with E-state index < -0.39 is 11.6 Å². The maximum Gasteiger partial charge on any atom is 0.350 e. The Balaban J connectivity index is 4.61. The molecule has 0 amide bonds. The molecule has 0 aliphatic heterocycles. The Kier molecular flexibility index (Phi) is 5.02. The first-order chi connectivity index (χ1) is 6.63. The predicted octanol–water partition coefficient (Wildman–Crippen LogP) is 2.70. The highest BCUT2D eigenvalue weighted by Crippen LogP contribution is 2.22. The molecule has 0 saturated heterocycles. The molecule has 0 radical (unpaired) electrons. The largest absolute Gasteiger partial charge is 0.478 e. The summed E-state index contributed by atoms with van der Waals surface area (Å²) in [4.78, 5) is 15.8. The number of halogens is 1. The first kappa shape index (κ1) is 14.7. The van der Waals surface area contributed by atoms with E-state index in [9.17, 15) is 4.79 Å². The summed E-state index contributed by atoms with van der Waals surface area (Å²) in [5, 5.41) is 12.7. The third-order valence-corrected chi connectivity index (χ3v) is 4.15. The zero-order valence-electron chi connectivity index (χ0n) is 9.80. The van der Waals surface area contributed by atoms with E-state index in [0.29, 0.717) is 0 Å². The van der Waals surface area contributed by atoms with Crippen molar-refractivity contribution in [1.82, 2.24) is 0 Å². The fourth-order valence-corrected chi connectivity index (χ4v) is 0.994. The van der Waals surface area contributed by atoms with E-state index in [1.807, 2.05) is 20.8 Å². The van der Waals surface area contributed by atoms with Crippen LogP contribution in [0.2, 0.25) is 0 Å². The van der Waals surface area contributed by atoms with E-state index in [0.717, 1.165) is 10.1 Å². The number of carboxylic acids is 1. The molecule has 0 heterocycles. The van der Waals surface area contributed by atoms with Gasteiger partial charge in [0, 0.05) is 9.84 Å². The van der Waals surface area contributed by atoms with Gasteiger partial charge in [-0.3, -0.25) is 0 Å². The molecular weight excluding hydrogens is 309 g/mol. The van der Waals surface area contributed by atoms with E-state index in [4.69, 9.17) is 9.94 Å². The van der Waals surface area contributed by atoms with E-state index in [1.165, 1.54) is 13.8 Å². The molecule has 0 bridgehead atoms. The molecule has 1 N–H and O–H groups in total. The lowest BCUT2D eigenvalue weighted by molar-refractivity contribution is -0.161. The van der Waals surface area contributed by atoms with Crippen LogP contribution in [0.25, 0.3) is 0 Å². The smallest absolute Gasteiger partial charge is 0.350 e. The first-order valence-corrected chi connectivity index (χ1v) is 6.18. The van der Waals surface area contributed by atoms with Crippen LogP contribution in [0.3, 0.4) is 0 Å². The van der Waals surface area contributed by atoms with Gasteiger partial charge in [-0.15, -0.1) is 0 Å². The van der Waals surface area contributed by atoms with Crippen LogP contribution < -0.4 is 0 Å². The fraction of sp³-hybridized carbons (Fsp3) is 0.800. The molecule has 4 nitrogen and oxygen atoms in total. The molecule has 0 aromatic rings. The van der Waals surface area contributed by atoms with Crippen molar-refractivity contribution in [3.63, 3.8) is 0 Å². The zero-order chi connectivity index (χ0) is 12.3. The lowest BCUT2D eigenvalue weighted by Gasteiger charge is -2.23. The van der Waals surface area contributed by atoms with Crippen molar-refractivity contribution >= 4 is 34.3 Å². The van der Waals surface area contributed by atoms with Crippen molar-refractivity contribution in [3.8, 4) is 0 Å². The Morgan fingerprint density at radius 2 is 1.87 bits per heavy atom. The lowest BCUT2D eigenvalue weighted by atomic mass is 9.91. The van der Waals surface area contributed by atoms with Gasteiger partial charge in [0.2, 0.25) is 5.60 Å². The number of hydrogen-bond donors (Lipinski definition) is 1. The number of oxime groups is 1. The fourth-order valence-electron chi connectivity index (χ4n) is 0.442. The summed E-state index contributed by atoms with van der Waals surface area (Å²) in [5.74, 6) is -1.02. The highest BCUT2D eigenvalue weighted by atomic mass is 127. The van der Waals surface area contributed by atoms with Crippen molar-refractivity contribution in [2.45, 2.75) is 40.2 Å². The Morgan fingerprint density at radius 1 is 1.40 bits per heavy atom. The first-order valence-electron chi connectivity index (χ1n) is 4.66. The maximum absolute atomic E-state index is 10.8. The van der Waals surface area contributed by atoms with E-state index in [-0.39, 0.29) is 5.41 Å². The molecule has 0 spiro atoms. The Bertz CT molecular complexity index is 272. The van der Waals surface area contributed by atoms with E-state index in [2.05, 4.69) is 27.7 Å². The van der Waals surface area contributed by atoms with Crippen LogP contribution in [0.4, 0.5) is 0 Å². The molecule has 0 aromatic heterocycles. The highest BCUT2D eigenvalue weighted by molar-refractivity contribution is 14.1. The van der Waals surface area contributed by atoms with Gasteiger partial charge in [0.25, 0.3) is 0 Å². The number of rotatable bonds is 5. The van der Waals surface area contributed by atoms with Crippen LogP contribution in [-0.2, 0) is 9.63 Å². The second-order valence-electron chi connectivity index (χ2n) is 4.60. The normalized spacial score (nSPS) is 13.9. The number of carboxylic acid groups (broad SMARTS) is 1. The quantitative estimate of drug-likeness (QED) is 0.366. The summed E-state index contributed by atoms with van der Waals surface area (Å²) in [6.07, 6.45) is 0. The Hall–Kier alpha value is -0.330. The van der Waals surface area contributed by atoms with Crippen molar-refractivity contribution in [1.29, 1.82) is 0 Å². The molecule has 0 saturated carbocycles. The third kappa shape index (κ3) is 4.36. The average molecular weight is 327 g/mol. The second-order valence-corrected chi connectivity index (χ2v) is 5.36. The van der Waals surface area contributed by atoms with Gasteiger partial charge in [-0.05, 0) is 20.8 Å². The summed E-state index contributed by atoms with van der Waals surface area (Å²) < 4.78 is 0.900. The summed E-state index contributed by atoms with van der Waals surface area (Å²) in [7, 11) is 0. The molecule has 5 heteroatoms. The monoisotopic (exact) mass is 327 g/mol. The van der Waals surface area contributed by atoms with Gasteiger partial charge in [-0.2, -0.15) is 0 Å². The minimum Gasteiger partial charge on any atom is -0.478 e. The van der Waals surface area contributed by atoms with Gasteiger partial charge < -0.3 is 9.94 Å². The van der Waals surface area contributed by atoms with Gasteiger partial charge in [-0.1, -0.05) is 41.6 Å². The lowest BCUT2D eigenvalue weighted by Crippen LogP contribution is -2.34. The van der Waals surface area contributed by atoms with Crippen molar-refractivity contribution in [2.24, 2.45) is 10.6 Å². The van der Waals surface area contributed by atoms with Gasteiger partial charge >= 0.3 is 5.97 Å². The van der Waals surface area contributed by atoms with Gasteiger partial charge in [0.15, 0.2) is 0 Å². The van der Waals surface area contributed by atoms with Crippen LogP contribution in [0.15, 0.2) is 5.16 Å². The summed E-state index contributed by atoms with van der Waals surface area (Å²) in [6, 6.07) is 0. The third-order valence-electron chi connectivity index (χ3n) is 2.24. The van der Waals surface area contributed by atoms with Crippen LogP contribution in [-0.4, -0.2) is 26.8 Å². The van der Waals surface area contributed by atoms with Gasteiger partial charge in [-0.25, -0.2) is 4.79 Å². The topological polar surface area (TPSA) is 58.9 Å².